The third-order valence-corrected chi connectivity index (χ3v) is 5.67. The fourth-order valence-corrected chi connectivity index (χ4v) is 3.81. The molecular formula is C22H20ClF3N4O. The molecule has 2 heterocycles. The molecule has 162 valence electrons. The van der Waals surface area contributed by atoms with Crippen molar-refractivity contribution in [2.75, 3.05) is 5.32 Å². The van der Waals surface area contributed by atoms with E-state index in [1.54, 1.807) is 24.3 Å². The summed E-state index contributed by atoms with van der Waals surface area (Å²) in [4.78, 5) is 12.6. The van der Waals surface area contributed by atoms with Gasteiger partial charge in [0.2, 0.25) is 0 Å². The number of alkyl halides is 3. The number of rotatable bonds is 4. The lowest BCUT2D eigenvalue weighted by molar-refractivity contribution is -0.173. The van der Waals surface area contributed by atoms with Crippen molar-refractivity contribution in [3.05, 3.63) is 82.0 Å². The molecule has 2 atom stereocenters. The average molecular weight is 449 g/mol. The van der Waals surface area contributed by atoms with Crippen LogP contribution in [-0.4, -0.2) is 21.9 Å². The highest BCUT2D eigenvalue weighted by atomic mass is 35.5. The lowest BCUT2D eigenvalue weighted by Crippen LogP contribution is -2.35. The summed E-state index contributed by atoms with van der Waals surface area (Å²) in [5.41, 5.74) is 2.38. The summed E-state index contributed by atoms with van der Waals surface area (Å²) in [5.74, 6) is -0.418. The van der Waals surface area contributed by atoms with Gasteiger partial charge in [-0.2, -0.15) is 18.3 Å². The minimum atomic E-state index is -4.50. The first-order valence-corrected chi connectivity index (χ1v) is 10.1. The molecule has 1 amide bonds. The second-order valence-electron chi connectivity index (χ2n) is 7.53. The van der Waals surface area contributed by atoms with Crippen LogP contribution in [0.1, 0.15) is 45.7 Å². The first kappa shape index (κ1) is 21.2. The number of benzene rings is 2. The summed E-state index contributed by atoms with van der Waals surface area (Å²) in [6.45, 7) is 2.06. The molecule has 5 nitrogen and oxygen atoms in total. The molecule has 2 unspecified atom stereocenters. The molecule has 0 fully saturated rings. The molecule has 31 heavy (non-hydrogen) atoms. The van der Waals surface area contributed by atoms with Crippen LogP contribution in [-0.2, 0) is 6.54 Å². The fourth-order valence-electron chi connectivity index (χ4n) is 3.61. The van der Waals surface area contributed by atoms with Crippen molar-refractivity contribution in [1.29, 1.82) is 0 Å². The number of carbonyl (C=O) groups excluding carboxylic acids is 1. The van der Waals surface area contributed by atoms with Gasteiger partial charge in [0.15, 0.2) is 11.7 Å². The molecule has 0 saturated heterocycles. The number of hydrogen-bond donors (Lipinski definition) is 2. The highest BCUT2D eigenvalue weighted by Gasteiger charge is 2.46. The van der Waals surface area contributed by atoms with E-state index in [-0.39, 0.29) is 24.5 Å². The summed E-state index contributed by atoms with van der Waals surface area (Å²) in [6, 6.07) is 13.3. The van der Waals surface area contributed by atoms with E-state index in [0.29, 0.717) is 10.6 Å². The van der Waals surface area contributed by atoms with Crippen LogP contribution in [0.2, 0.25) is 5.02 Å². The van der Waals surface area contributed by atoms with Crippen molar-refractivity contribution in [3.63, 3.8) is 0 Å². The molecule has 0 aliphatic carbocycles. The van der Waals surface area contributed by atoms with E-state index in [4.69, 9.17) is 11.6 Å². The third-order valence-electron chi connectivity index (χ3n) is 5.30. The minimum Gasteiger partial charge on any atom is -0.363 e. The van der Waals surface area contributed by atoms with E-state index in [1.165, 1.54) is 6.07 Å². The quantitative estimate of drug-likeness (QED) is 0.559. The van der Waals surface area contributed by atoms with Gasteiger partial charge < -0.3 is 10.6 Å². The summed E-state index contributed by atoms with van der Waals surface area (Å²) in [6.07, 6.45) is -4.72. The Labute approximate surface area is 182 Å². The molecule has 1 aliphatic heterocycles. The maximum Gasteiger partial charge on any atom is 0.410 e. The predicted octanol–water partition coefficient (Wildman–Crippen LogP) is 5.44. The zero-order chi connectivity index (χ0) is 22.2. The van der Waals surface area contributed by atoms with Gasteiger partial charge in [-0.25, -0.2) is 4.68 Å². The Morgan fingerprint density at radius 1 is 1.23 bits per heavy atom. The van der Waals surface area contributed by atoms with Crippen molar-refractivity contribution in [2.24, 2.45) is 0 Å². The maximum atomic E-state index is 13.8. The van der Waals surface area contributed by atoms with Crippen LogP contribution in [0.15, 0.2) is 54.6 Å². The minimum absolute atomic E-state index is 0.0895. The fraction of sp³-hybridized carbons (Fsp3) is 0.273. The predicted molar refractivity (Wildman–Crippen MR) is 112 cm³/mol. The average Bonchev–Trinajstić information content (AvgIpc) is 3.16. The van der Waals surface area contributed by atoms with Crippen molar-refractivity contribution in [1.82, 2.24) is 15.1 Å². The van der Waals surface area contributed by atoms with E-state index >= 15 is 0 Å². The summed E-state index contributed by atoms with van der Waals surface area (Å²) >= 11 is 6.08. The molecule has 0 saturated carbocycles. The molecule has 4 rings (SSSR count). The molecule has 1 aromatic heterocycles. The number of nitrogens with one attached hydrogen (secondary N) is 2. The number of anilines is 1. The first-order chi connectivity index (χ1) is 14.7. The van der Waals surface area contributed by atoms with Gasteiger partial charge in [0.25, 0.3) is 5.91 Å². The number of nitrogens with zero attached hydrogens (tertiary/aromatic N) is 2. The largest absolute Gasteiger partial charge is 0.410 e. The Bertz CT molecular complexity index is 1090. The van der Waals surface area contributed by atoms with Gasteiger partial charge >= 0.3 is 6.18 Å². The monoisotopic (exact) mass is 448 g/mol. The Balaban J connectivity index is 1.58. The smallest absolute Gasteiger partial charge is 0.363 e. The van der Waals surface area contributed by atoms with Crippen LogP contribution in [0.5, 0.6) is 0 Å². The molecule has 1 aliphatic rings. The molecular weight excluding hydrogens is 429 g/mol. The van der Waals surface area contributed by atoms with E-state index in [9.17, 15) is 18.0 Å². The molecule has 0 radical (unpaired) electrons. The van der Waals surface area contributed by atoms with Gasteiger partial charge in [0.1, 0.15) is 5.82 Å². The van der Waals surface area contributed by atoms with Gasteiger partial charge in [0, 0.05) is 24.1 Å². The van der Waals surface area contributed by atoms with E-state index in [2.05, 4.69) is 15.7 Å². The van der Waals surface area contributed by atoms with Crippen LogP contribution in [0, 0.1) is 6.92 Å². The number of fused-ring (bicyclic) bond motifs is 1. The van der Waals surface area contributed by atoms with Gasteiger partial charge in [-0.3, -0.25) is 4.79 Å². The van der Waals surface area contributed by atoms with Crippen molar-refractivity contribution < 1.29 is 18.0 Å². The highest BCUT2D eigenvalue weighted by molar-refractivity contribution is 6.31. The lowest BCUT2D eigenvalue weighted by atomic mass is 9.96. The van der Waals surface area contributed by atoms with Crippen LogP contribution in [0.4, 0.5) is 19.0 Å². The van der Waals surface area contributed by atoms with Gasteiger partial charge in [-0.1, -0.05) is 59.6 Å². The number of aromatic nitrogens is 2. The van der Waals surface area contributed by atoms with Gasteiger partial charge in [0.05, 0.1) is 6.04 Å². The topological polar surface area (TPSA) is 59.0 Å². The number of halogens is 4. The van der Waals surface area contributed by atoms with Crippen molar-refractivity contribution in [2.45, 2.75) is 38.1 Å². The molecule has 0 spiro atoms. The second kappa shape index (κ2) is 8.26. The Kier molecular flexibility index (Phi) is 5.66. The number of carbonyl (C=O) groups is 1. The van der Waals surface area contributed by atoms with Gasteiger partial charge in [-0.05, 0) is 24.1 Å². The Morgan fingerprint density at radius 2 is 1.94 bits per heavy atom. The van der Waals surface area contributed by atoms with Crippen LogP contribution < -0.4 is 10.6 Å². The molecule has 9 heteroatoms. The zero-order valence-electron chi connectivity index (χ0n) is 16.6. The number of hydrogen-bond acceptors (Lipinski definition) is 3. The van der Waals surface area contributed by atoms with E-state index < -0.39 is 24.2 Å². The molecule has 2 N–H and O–H groups in total. The van der Waals surface area contributed by atoms with Crippen molar-refractivity contribution in [3.8, 4) is 0 Å². The van der Waals surface area contributed by atoms with Gasteiger partial charge in [-0.15, -0.1) is 0 Å². The first-order valence-electron chi connectivity index (χ1n) is 9.73. The SMILES string of the molecule is Cc1ccc(C2CC(C(F)(F)F)n3nc(C(=O)NCc4ccccc4Cl)cc3N2)cc1. The van der Waals surface area contributed by atoms with Crippen LogP contribution in [0.3, 0.4) is 0 Å². The summed E-state index contributed by atoms with van der Waals surface area (Å²) < 4.78 is 42.2. The summed E-state index contributed by atoms with van der Waals surface area (Å²) in [5, 5.41) is 10.2. The van der Waals surface area contributed by atoms with E-state index in [0.717, 1.165) is 15.8 Å². The molecule has 0 bridgehead atoms. The zero-order valence-corrected chi connectivity index (χ0v) is 17.3. The van der Waals surface area contributed by atoms with Crippen molar-refractivity contribution >= 4 is 23.3 Å². The maximum absolute atomic E-state index is 13.8. The molecule has 3 aromatic rings. The van der Waals surface area contributed by atoms with Crippen LogP contribution >= 0.6 is 11.6 Å². The highest BCUT2D eigenvalue weighted by Crippen LogP contribution is 2.43. The second-order valence-corrected chi connectivity index (χ2v) is 7.94. The summed E-state index contributed by atoms with van der Waals surface area (Å²) in [7, 11) is 0. The number of amides is 1. The Hall–Kier alpha value is -3.00. The normalized spacial score (nSPS) is 18.2. The Morgan fingerprint density at radius 3 is 2.61 bits per heavy atom. The third kappa shape index (κ3) is 4.54. The lowest BCUT2D eigenvalue weighted by Gasteiger charge is -2.33. The van der Waals surface area contributed by atoms with Crippen LogP contribution in [0.25, 0.3) is 0 Å². The van der Waals surface area contributed by atoms with E-state index in [1.807, 2.05) is 31.2 Å². The molecule has 2 aromatic carbocycles. The number of aryl methyl sites for hydroxylation is 1. The standard InChI is InChI=1S/C22H20ClF3N4O/c1-13-6-8-14(9-7-13)17-10-19(22(24,25)26)30-20(28-17)11-18(29-30)21(31)27-12-15-4-2-3-5-16(15)23/h2-9,11,17,19,28H,10,12H2,1H3,(H,27,31).